The van der Waals surface area contributed by atoms with Crippen LogP contribution >= 0.6 is 0 Å². The molecular weight excluding hydrogens is 274 g/mol. The Kier molecular flexibility index (Phi) is 7.06. The molecule has 1 fully saturated rings. The van der Waals surface area contributed by atoms with Crippen molar-refractivity contribution in [1.82, 2.24) is 5.32 Å². The first-order valence-electron chi connectivity index (χ1n) is 7.48. The zero-order valence-electron chi connectivity index (χ0n) is 13.7. The molecular formula is C15H29NO5. The molecule has 2 atom stereocenters. The Bertz CT molecular complexity index is 322. The van der Waals surface area contributed by atoms with E-state index < -0.39 is 18.6 Å². The fraction of sp³-hybridized carbons (Fsp3) is 0.933. The number of ether oxygens (including phenoxy) is 3. The van der Waals surface area contributed by atoms with E-state index in [2.05, 4.69) is 19.2 Å². The van der Waals surface area contributed by atoms with Gasteiger partial charge in [0, 0.05) is 11.8 Å². The maximum atomic E-state index is 11.7. The van der Waals surface area contributed by atoms with Crippen molar-refractivity contribution in [2.24, 2.45) is 11.3 Å². The molecule has 6 heteroatoms. The number of carbonyl (C=O) groups is 1. The zero-order chi connectivity index (χ0) is 16.0. The van der Waals surface area contributed by atoms with E-state index in [1.165, 1.54) is 7.11 Å². The molecule has 1 aliphatic rings. The van der Waals surface area contributed by atoms with Crippen LogP contribution in [0.2, 0.25) is 0 Å². The third-order valence-corrected chi connectivity index (χ3v) is 3.32. The Balaban J connectivity index is 2.43. The van der Waals surface area contributed by atoms with E-state index in [4.69, 9.17) is 14.2 Å². The van der Waals surface area contributed by atoms with Gasteiger partial charge in [-0.1, -0.05) is 27.7 Å². The van der Waals surface area contributed by atoms with Gasteiger partial charge in [0.15, 0.2) is 6.29 Å². The summed E-state index contributed by atoms with van der Waals surface area (Å²) in [6.45, 7) is 9.34. The summed E-state index contributed by atoms with van der Waals surface area (Å²) in [6.07, 6.45) is -0.443. The molecule has 2 N–H and O–H groups in total. The Morgan fingerprint density at radius 3 is 2.43 bits per heavy atom. The number of aliphatic hydroxyl groups is 1. The maximum Gasteiger partial charge on any atom is 0.322 e. The minimum atomic E-state index is -0.876. The van der Waals surface area contributed by atoms with Crippen LogP contribution < -0.4 is 5.32 Å². The van der Waals surface area contributed by atoms with E-state index in [0.29, 0.717) is 25.6 Å². The summed E-state index contributed by atoms with van der Waals surface area (Å²) in [5.41, 5.74) is 0.00107. The summed E-state index contributed by atoms with van der Waals surface area (Å²) in [6, 6.07) is -0.523. The molecule has 0 aromatic heterocycles. The van der Waals surface area contributed by atoms with Gasteiger partial charge >= 0.3 is 5.97 Å². The minimum absolute atomic E-state index is 0.00107. The summed E-state index contributed by atoms with van der Waals surface area (Å²) < 4.78 is 15.9. The molecule has 1 heterocycles. The van der Waals surface area contributed by atoms with Crippen molar-refractivity contribution in [3.05, 3.63) is 0 Å². The second-order valence-electron chi connectivity index (χ2n) is 6.84. The number of carbonyl (C=O) groups excluding carboxylic acids is 1. The Morgan fingerprint density at radius 1 is 1.38 bits per heavy atom. The van der Waals surface area contributed by atoms with E-state index in [-0.39, 0.29) is 17.8 Å². The van der Waals surface area contributed by atoms with E-state index in [1.54, 1.807) is 0 Å². The Hall–Kier alpha value is -0.690. The maximum absolute atomic E-state index is 11.7. The average Bonchev–Trinajstić information content (AvgIpc) is 2.39. The first-order chi connectivity index (χ1) is 9.73. The summed E-state index contributed by atoms with van der Waals surface area (Å²) in [5, 5.41) is 13.0. The number of nitrogens with one attached hydrogen (secondary N) is 1. The van der Waals surface area contributed by atoms with E-state index >= 15 is 0 Å². The molecule has 1 unspecified atom stereocenters. The van der Waals surface area contributed by atoms with Crippen molar-refractivity contribution in [3.8, 4) is 0 Å². The predicted octanol–water partition coefficient (Wildman–Crippen LogP) is 1.27. The van der Waals surface area contributed by atoms with Gasteiger partial charge in [0.1, 0.15) is 12.3 Å². The number of hydrogen-bond acceptors (Lipinski definition) is 6. The van der Waals surface area contributed by atoms with Crippen molar-refractivity contribution < 1.29 is 24.1 Å². The first-order valence-corrected chi connectivity index (χ1v) is 7.48. The molecule has 0 amide bonds. The third-order valence-electron chi connectivity index (χ3n) is 3.32. The monoisotopic (exact) mass is 303 g/mol. The fourth-order valence-electron chi connectivity index (χ4n) is 2.19. The number of hydrogen-bond donors (Lipinski definition) is 2. The minimum Gasteiger partial charge on any atom is -0.468 e. The lowest BCUT2D eigenvalue weighted by molar-refractivity contribution is -0.232. The summed E-state index contributed by atoms with van der Waals surface area (Å²) >= 11 is 0. The quantitative estimate of drug-likeness (QED) is 0.545. The second kappa shape index (κ2) is 8.08. The normalized spacial score (nSPS) is 22.0. The van der Waals surface area contributed by atoms with E-state index in [1.807, 2.05) is 13.8 Å². The lowest BCUT2D eigenvalue weighted by Gasteiger charge is -2.35. The summed E-state index contributed by atoms with van der Waals surface area (Å²) in [4.78, 5) is 11.7. The Morgan fingerprint density at radius 2 is 1.95 bits per heavy atom. The number of methoxy groups -OCH3 is 1. The van der Waals surface area contributed by atoms with Gasteiger partial charge in [-0.25, -0.2) is 0 Å². The first kappa shape index (κ1) is 18.4. The standard InChI is InChI=1S/C15H29NO5/c1-10(2)6-11(14(18)19-5)16-12(17)7-13-20-8-15(3,4)9-21-13/h10-13,16-17H,6-9H2,1-5H3/t11-,12?/m0/s1. The molecule has 6 nitrogen and oxygen atoms in total. The molecule has 0 radical (unpaired) electrons. The van der Waals surface area contributed by atoms with Gasteiger partial charge in [0.2, 0.25) is 0 Å². The molecule has 124 valence electrons. The van der Waals surface area contributed by atoms with E-state index in [9.17, 15) is 9.90 Å². The zero-order valence-corrected chi connectivity index (χ0v) is 13.7. The Labute approximate surface area is 127 Å². The molecule has 0 saturated carbocycles. The largest absolute Gasteiger partial charge is 0.468 e. The molecule has 0 spiro atoms. The highest BCUT2D eigenvalue weighted by atomic mass is 16.7. The van der Waals surface area contributed by atoms with Crippen LogP contribution in [0.4, 0.5) is 0 Å². The van der Waals surface area contributed by atoms with Crippen molar-refractivity contribution >= 4 is 5.97 Å². The van der Waals surface area contributed by atoms with Gasteiger partial charge in [0.25, 0.3) is 0 Å². The molecule has 21 heavy (non-hydrogen) atoms. The number of rotatable bonds is 7. The van der Waals surface area contributed by atoms with Gasteiger partial charge in [-0.15, -0.1) is 0 Å². The van der Waals surface area contributed by atoms with Gasteiger partial charge in [0.05, 0.1) is 20.3 Å². The lowest BCUT2D eigenvalue weighted by atomic mass is 9.95. The van der Waals surface area contributed by atoms with Crippen molar-refractivity contribution in [2.45, 2.75) is 59.1 Å². The van der Waals surface area contributed by atoms with Crippen LogP contribution in [0, 0.1) is 11.3 Å². The highest BCUT2D eigenvalue weighted by molar-refractivity contribution is 5.75. The molecule has 0 bridgehead atoms. The molecule has 0 aromatic rings. The molecule has 1 saturated heterocycles. The average molecular weight is 303 g/mol. The van der Waals surface area contributed by atoms with Gasteiger partial charge in [-0.05, 0) is 12.3 Å². The SMILES string of the molecule is COC(=O)[C@H](CC(C)C)NC(O)CC1OCC(C)(C)CO1. The van der Waals surface area contributed by atoms with Crippen molar-refractivity contribution in [3.63, 3.8) is 0 Å². The van der Waals surface area contributed by atoms with E-state index in [0.717, 1.165) is 0 Å². The number of aliphatic hydroxyl groups excluding tert-OH is 1. The van der Waals surface area contributed by atoms with Crippen LogP contribution in [0.25, 0.3) is 0 Å². The van der Waals surface area contributed by atoms with Crippen LogP contribution in [0.5, 0.6) is 0 Å². The summed E-state index contributed by atoms with van der Waals surface area (Å²) in [7, 11) is 1.35. The topological polar surface area (TPSA) is 77.0 Å². The highest BCUT2D eigenvalue weighted by Gasteiger charge is 2.31. The molecule has 1 rings (SSSR count). The van der Waals surface area contributed by atoms with Crippen molar-refractivity contribution in [2.75, 3.05) is 20.3 Å². The predicted molar refractivity (Wildman–Crippen MR) is 78.5 cm³/mol. The second-order valence-corrected chi connectivity index (χ2v) is 6.84. The van der Waals surface area contributed by atoms with Gasteiger partial charge in [-0.2, -0.15) is 0 Å². The lowest BCUT2D eigenvalue weighted by Crippen LogP contribution is -2.47. The third kappa shape index (κ3) is 6.74. The smallest absolute Gasteiger partial charge is 0.322 e. The van der Waals surface area contributed by atoms with Gasteiger partial charge in [-0.3, -0.25) is 10.1 Å². The molecule has 0 aromatic carbocycles. The van der Waals surface area contributed by atoms with Crippen LogP contribution in [0.1, 0.15) is 40.5 Å². The van der Waals surface area contributed by atoms with Gasteiger partial charge < -0.3 is 19.3 Å². The van der Waals surface area contributed by atoms with Crippen molar-refractivity contribution in [1.29, 1.82) is 0 Å². The molecule has 0 aliphatic carbocycles. The van der Waals surface area contributed by atoms with Crippen LogP contribution in [-0.2, 0) is 19.0 Å². The van der Waals surface area contributed by atoms with Crippen LogP contribution in [0.15, 0.2) is 0 Å². The molecule has 1 aliphatic heterocycles. The van der Waals surface area contributed by atoms with Crippen LogP contribution in [0.3, 0.4) is 0 Å². The highest BCUT2D eigenvalue weighted by Crippen LogP contribution is 2.24. The summed E-state index contributed by atoms with van der Waals surface area (Å²) in [5.74, 6) is -0.0499. The fourth-order valence-corrected chi connectivity index (χ4v) is 2.19. The van der Waals surface area contributed by atoms with Crippen LogP contribution in [-0.4, -0.2) is 50.0 Å². The number of esters is 1.